The van der Waals surface area contributed by atoms with E-state index in [1.807, 2.05) is 0 Å². The average Bonchev–Trinajstić information content (AvgIpc) is 3.11. The zero-order valence-electron chi connectivity index (χ0n) is 15.9. The maximum atomic E-state index is 12.6. The number of carbonyl (C=O) groups excluding carboxylic acids is 1. The summed E-state index contributed by atoms with van der Waals surface area (Å²) in [7, 11) is -7.12. The molecule has 1 unspecified atom stereocenters. The van der Waals surface area contributed by atoms with E-state index in [2.05, 4.69) is 20.1 Å². The quantitative estimate of drug-likeness (QED) is 0.614. The van der Waals surface area contributed by atoms with Gasteiger partial charge < -0.3 is 5.32 Å². The van der Waals surface area contributed by atoms with E-state index < -0.39 is 31.8 Å². The predicted molar refractivity (Wildman–Crippen MR) is 108 cm³/mol. The van der Waals surface area contributed by atoms with E-state index >= 15 is 0 Å². The third-order valence-corrected chi connectivity index (χ3v) is 7.08. The molecule has 4 rings (SSSR count). The van der Waals surface area contributed by atoms with Crippen LogP contribution in [0.5, 0.6) is 0 Å². The van der Waals surface area contributed by atoms with Gasteiger partial charge in [-0.15, -0.1) is 5.10 Å². The summed E-state index contributed by atoms with van der Waals surface area (Å²) in [5.74, 6) is -0.888. The van der Waals surface area contributed by atoms with Gasteiger partial charge >= 0.3 is 0 Å². The molecule has 10 nitrogen and oxygen atoms in total. The van der Waals surface area contributed by atoms with Crippen LogP contribution in [0.1, 0.15) is 29.1 Å². The fourth-order valence-corrected chi connectivity index (χ4v) is 4.83. The van der Waals surface area contributed by atoms with Crippen molar-refractivity contribution < 1.29 is 21.6 Å². The van der Waals surface area contributed by atoms with E-state index in [4.69, 9.17) is 0 Å². The van der Waals surface area contributed by atoms with E-state index in [0.717, 1.165) is 6.26 Å². The van der Waals surface area contributed by atoms with Crippen molar-refractivity contribution in [1.29, 1.82) is 0 Å². The molecule has 1 atom stereocenters. The van der Waals surface area contributed by atoms with Gasteiger partial charge in [0.05, 0.1) is 16.6 Å². The highest BCUT2D eigenvalue weighted by atomic mass is 32.2. The van der Waals surface area contributed by atoms with E-state index in [1.54, 1.807) is 37.3 Å². The number of benzene rings is 2. The summed E-state index contributed by atoms with van der Waals surface area (Å²) >= 11 is 0. The van der Waals surface area contributed by atoms with Gasteiger partial charge in [-0.25, -0.2) is 21.6 Å². The second-order valence-corrected chi connectivity index (χ2v) is 10.4. The van der Waals surface area contributed by atoms with Gasteiger partial charge in [-0.05, 0) is 36.8 Å². The van der Waals surface area contributed by atoms with Gasteiger partial charge in [-0.3, -0.25) is 4.79 Å². The third-order valence-electron chi connectivity index (χ3n) is 4.57. The minimum absolute atomic E-state index is 0.0358. The first-order chi connectivity index (χ1) is 14.1. The molecule has 3 aromatic rings. The molecule has 12 heteroatoms. The molecule has 2 N–H and O–H groups in total. The molecule has 0 saturated heterocycles. The number of rotatable bonds is 4. The van der Waals surface area contributed by atoms with Gasteiger partial charge in [-0.2, -0.15) is 9.67 Å². The molecule has 0 saturated carbocycles. The van der Waals surface area contributed by atoms with Crippen LogP contribution in [-0.4, -0.2) is 43.8 Å². The Labute approximate surface area is 172 Å². The lowest BCUT2D eigenvalue weighted by molar-refractivity contribution is 0.0929. The molecular weight excluding hydrogens is 430 g/mol. The highest BCUT2D eigenvalue weighted by Crippen LogP contribution is 2.29. The molecule has 0 spiro atoms. The summed E-state index contributed by atoms with van der Waals surface area (Å²) in [6.45, 7) is 1.72. The fraction of sp³-hybridized carbons (Fsp3) is 0.167. The smallest absolute Gasteiger partial charge is 0.291 e. The zero-order valence-corrected chi connectivity index (χ0v) is 17.5. The van der Waals surface area contributed by atoms with Gasteiger partial charge in [0, 0.05) is 6.26 Å². The van der Waals surface area contributed by atoms with Gasteiger partial charge in [0.15, 0.2) is 9.84 Å². The number of amides is 1. The number of sulfonamides is 1. The molecule has 1 aromatic heterocycles. The summed E-state index contributed by atoms with van der Waals surface area (Å²) in [6.07, 6.45) is 1.12. The normalized spacial score (nSPS) is 15.4. The van der Waals surface area contributed by atoms with E-state index in [1.165, 1.54) is 22.9 Å². The van der Waals surface area contributed by atoms with Crippen molar-refractivity contribution in [2.24, 2.45) is 0 Å². The van der Waals surface area contributed by atoms with Crippen LogP contribution in [0.2, 0.25) is 0 Å². The number of anilines is 1. The molecule has 156 valence electrons. The van der Waals surface area contributed by atoms with Crippen LogP contribution in [0.25, 0.3) is 5.69 Å². The first-order valence-electron chi connectivity index (χ1n) is 8.76. The van der Waals surface area contributed by atoms with Crippen molar-refractivity contribution in [2.75, 3.05) is 11.0 Å². The molecule has 0 radical (unpaired) electrons. The zero-order chi connectivity index (χ0) is 21.7. The minimum Gasteiger partial charge on any atom is -0.343 e. The SMILES string of the molecule is CC(NC(=O)c1nc2n(n1)-c1ccccc1S(=O)(=O)N2)c1ccc(S(C)(=O)=O)cc1. The van der Waals surface area contributed by atoms with Crippen LogP contribution in [0, 0.1) is 0 Å². The van der Waals surface area contributed by atoms with Crippen molar-refractivity contribution in [3.8, 4) is 5.69 Å². The molecule has 30 heavy (non-hydrogen) atoms. The standard InChI is InChI=1S/C18H17N5O5S2/c1-11(12-7-9-13(10-8-12)29(2,25)26)19-17(24)16-20-18-22-30(27,28)15-6-4-3-5-14(15)23(18)21-16/h3-11H,1-2H3,(H,19,24)(H,20,21,22). The molecule has 1 amide bonds. The number of para-hydroxylation sites is 1. The first kappa shape index (κ1) is 20.0. The van der Waals surface area contributed by atoms with Gasteiger partial charge in [0.2, 0.25) is 11.8 Å². The highest BCUT2D eigenvalue weighted by Gasteiger charge is 2.31. The lowest BCUT2D eigenvalue weighted by Gasteiger charge is -2.17. The van der Waals surface area contributed by atoms with Gasteiger partial charge in [0.1, 0.15) is 4.90 Å². The van der Waals surface area contributed by atoms with Gasteiger partial charge in [-0.1, -0.05) is 24.3 Å². The number of hydrogen-bond donors (Lipinski definition) is 2. The molecule has 1 aliphatic rings. The molecule has 0 aliphatic carbocycles. The number of aromatic nitrogens is 3. The van der Waals surface area contributed by atoms with Crippen molar-refractivity contribution in [3.05, 3.63) is 59.9 Å². The Hall–Kier alpha value is -3.25. The van der Waals surface area contributed by atoms with Crippen LogP contribution < -0.4 is 10.0 Å². The van der Waals surface area contributed by atoms with Gasteiger partial charge in [0.25, 0.3) is 15.9 Å². The number of sulfone groups is 1. The molecule has 1 aliphatic heterocycles. The minimum atomic E-state index is -3.80. The van der Waals surface area contributed by atoms with E-state index in [-0.39, 0.29) is 21.6 Å². The monoisotopic (exact) mass is 447 g/mol. The molecule has 0 fully saturated rings. The summed E-state index contributed by atoms with van der Waals surface area (Å²) in [6, 6.07) is 11.9. The molecule has 2 heterocycles. The van der Waals surface area contributed by atoms with Crippen molar-refractivity contribution in [3.63, 3.8) is 0 Å². The van der Waals surface area contributed by atoms with Crippen LogP contribution in [0.3, 0.4) is 0 Å². The Morgan fingerprint density at radius 3 is 2.47 bits per heavy atom. The van der Waals surface area contributed by atoms with Crippen molar-refractivity contribution in [1.82, 2.24) is 20.1 Å². The summed E-state index contributed by atoms with van der Waals surface area (Å²) < 4.78 is 51.4. The highest BCUT2D eigenvalue weighted by molar-refractivity contribution is 7.93. The second-order valence-electron chi connectivity index (χ2n) is 6.78. The van der Waals surface area contributed by atoms with E-state index in [9.17, 15) is 21.6 Å². The number of carbonyl (C=O) groups is 1. The van der Waals surface area contributed by atoms with Crippen LogP contribution >= 0.6 is 0 Å². The summed E-state index contributed by atoms with van der Waals surface area (Å²) in [4.78, 5) is 16.8. The lowest BCUT2D eigenvalue weighted by atomic mass is 10.1. The van der Waals surface area contributed by atoms with E-state index in [0.29, 0.717) is 11.3 Å². The summed E-state index contributed by atoms with van der Waals surface area (Å²) in [5, 5.41) is 6.86. The number of fused-ring (bicyclic) bond motifs is 3. The van der Waals surface area contributed by atoms with Crippen molar-refractivity contribution in [2.45, 2.75) is 22.8 Å². The molecular formula is C18H17N5O5S2. The number of nitrogens with one attached hydrogen (secondary N) is 2. The predicted octanol–water partition coefficient (Wildman–Crippen LogP) is 1.28. The Balaban J connectivity index is 1.58. The topological polar surface area (TPSA) is 140 Å². The largest absolute Gasteiger partial charge is 0.343 e. The maximum absolute atomic E-state index is 12.6. The van der Waals surface area contributed by atoms with Crippen LogP contribution in [0.4, 0.5) is 5.95 Å². The third kappa shape index (κ3) is 3.55. The van der Waals surface area contributed by atoms with Crippen molar-refractivity contribution >= 4 is 31.7 Å². The van der Waals surface area contributed by atoms with Crippen LogP contribution in [0.15, 0.2) is 58.3 Å². The Kier molecular flexibility index (Phi) is 4.62. The first-order valence-corrected chi connectivity index (χ1v) is 12.1. The maximum Gasteiger partial charge on any atom is 0.291 e. The molecule has 2 aromatic carbocycles. The Morgan fingerprint density at radius 1 is 1.13 bits per heavy atom. The second kappa shape index (κ2) is 6.92. The Bertz CT molecular complexity index is 1360. The number of hydrogen-bond acceptors (Lipinski definition) is 7. The number of nitrogens with zero attached hydrogens (tertiary/aromatic N) is 3. The lowest BCUT2D eigenvalue weighted by Crippen LogP contribution is -2.27. The average molecular weight is 447 g/mol. The van der Waals surface area contributed by atoms with Crippen LogP contribution in [-0.2, 0) is 19.9 Å². The summed E-state index contributed by atoms with van der Waals surface area (Å²) in [5.41, 5.74) is 0.980. The fourth-order valence-electron chi connectivity index (χ4n) is 3.03. The Morgan fingerprint density at radius 2 is 1.80 bits per heavy atom. The molecule has 0 bridgehead atoms.